The molecule has 0 aliphatic carbocycles. The minimum absolute atomic E-state index is 0.0306. The number of nitrogens with zero attached hydrogens (tertiary/aromatic N) is 1. The van der Waals surface area contributed by atoms with Crippen molar-refractivity contribution in [3.63, 3.8) is 0 Å². The van der Waals surface area contributed by atoms with Crippen LogP contribution in [0.25, 0.3) is 0 Å². The summed E-state index contributed by atoms with van der Waals surface area (Å²) in [5.74, 6) is 0.589. The molecule has 0 atom stereocenters. The van der Waals surface area contributed by atoms with E-state index in [1.54, 1.807) is 4.90 Å². The highest BCUT2D eigenvalue weighted by Crippen LogP contribution is 2.20. The van der Waals surface area contributed by atoms with E-state index in [1.165, 1.54) is 0 Å². The van der Waals surface area contributed by atoms with Gasteiger partial charge in [-0.15, -0.1) is 0 Å². The first-order valence-corrected chi connectivity index (χ1v) is 7.73. The SMILES string of the molecule is Cc1cccc(OCC(=O)N(CCO)Cc2ccccc2)c1C. The molecule has 0 aromatic heterocycles. The fourth-order valence-corrected chi connectivity index (χ4v) is 2.33. The van der Waals surface area contributed by atoms with Crippen LogP contribution in [-0.4, -0.2) is 35.7 Å². The minimum atomic E-state index is -0.135. The van der Waals surface area contributed by atoms with Crippen LogP contribution >= 0.6 is 0 Å². The highest BCUT2D eigenvalue weighted by atomic mass is 16.5. The summed E-state index contributed by atoms with van der Waals surface area (Å²) in [5, 5.41) is 9.19. The molecule has 0 heterocycles. The Kier molecular flexibility index (Phi) is 6.18. The molecule has 0 saturated carbocycles. The van der Waals surface area contributed by atoms with Crippen molar-refractivity contribution in [1.82, 2.24) is 4.90 Å². The summed E-state index contributed by atoms with van der Waals surface area (Å²) in [6, 6.07) is 15.5. The van der Waals surface area contributed by atoms with Crippen LogP contribution in [0.4, 0.5) is 0 Å². The quantitative estimate of drug-likeness (QED) is 0.855. The van der Waals surface area contributed by atoms with Crippen molar-refractivity contribution in [3.8, 4) is 5.75 Å². The number of aryl methyl sites for hydroxylation is 1. The lowest BCUT2D eigenvalue weighted by Gasteiger charge is -2.22. The molecule has 0 bridgehead atoms. The third-order valence-corrected chi connectivity index (χ3v) is 3.84. The fourth-order valence-electron chi connectivity index (χ4n) is 2.33. The summed E-state index contributed by atoms with van der Waals surface area (Å²) in [7, 11) is 0. The van der Waals surface area contributed by atoms with Crippen molar-refractivity contribution in [2.75, 3.05) is 19.8 Å². The summed E-state index contributed by atoms with van der Waals surface area (Å²) >= 11 is 0. The molecule has 23 heavy (non-hydrogen) atoms. The van der Waals surface area contributed by atoms with E-state index >= 15 is 0 Å². The number of ether oxygens (including phenoxy) is 1. The van der Waals surface area contributed by atoms with Crippen LogP contribution in [0.1, 0.15) is 16.7 Å². The predicted molar refractivity (Wildman–Crippen MR) is 90.4 cm³/mol. The zero-order valence-corrected chi connectivity index (χ0v) is 13.7. The highest BCUT2D eigenvalue weighted by Gasteiger charge is 2.15. The molecular formula is C19H23NO3. The van der Waals surface area contributed by atoms with Crippen LogP contribution in [0.3, 0.4) is 0 Å². The zero-order chi connectivity index (χ0) is 16.7. The van der Waals surface area contributed by atoms with Crippen LogP contribution < -0.4 is 4.74 Å². The van der Waals surface area contributed by atoms with Crippen molar-refractivity contribution >= 4 is 5.91 Å². The lowest BCUT2D eigenvalue weighted by molar-refractivity contribution is -0.134. The van der Waals surface area contributed by atoms with Gasteiger partial charge in [-0.25, -0.2) is 0 Å². The fraction of sp³-hybridized carbons (Fsp3) is 0.316. The second-order valence-corrected chi connectivity index (χ2v) is 5.51. The second kappa shape index (κ2) is 8.34. The van der Waals surface area contributed by atoms with Gasteiger partial charge in [0.25, 0.3) is 5.91 Å². The number of amides is 1. The average Bonchev–Trinajstić information content (AvgIpc) is 2.56. The lowest BCUT2D eigenvalue weighted by Crippen LogP contribution is -2.36. The van der Waals surface area contributed by atoms with Gasteiger partial charge >= 0.3 is 0 Å². The largest absolute Gasteiger partial charge is 0.483 e. The Morgan fingerprint density at radius 2 is 1.83 bits per heavy atom. The van der Waals surface area contributed by atoms with Crippen LogP contribution in [0.2, 0.25) is 0 Å². The molecule has 2 aromatic rings. The number of carbonyl (C=O) groups is 1. The van der Waals surface area contributed by atoms with Gasteiger partial charge in [0.2, 0.25) is 0 Å². The third-order valence-electron chi connectivity index (χ3n) is 3.84. The van der Waals surface area contributed by atoms with Gasteiger partial charge in [0.1, 0.15) is 5.75 Å². The number of carbonyl (C=O) groups excluding carboxylic acids is 1. The van der Waals surface area contributed by atoms with Gasteiger partial charge in [-0.1, -0.05) is 42.5 Å². The Morgan fingerprint density at radius 3 is 2.52 bits per heavy atom. The Bertz CT molecular complexity index is 640. The molecule has 4 nitrogen and oxygen atoms in total. The Balaban J connectivity index is 1.99. The molecule has 0 saturated heterocycles. The molecule has 0 radical (unpaired) electrons. The summed E-state index contributed by atoms with van der Waals surface area (Å²) in [6.07, 6.45) is 0. The standard InChI is InChI=1S/C19H23NO3/c1-15-7-6-10-18(16(15)2)23-14-19(22)20(11-12-21)13-17-8-4-3-5-9-17/h3-10,21H,11-14H2,1-2H3. The second-order valence-electron chi connectivity index (χ2n) is 5.51. The van der Waals surface area contributed by atoms with E-state index in [0.29, 0.717) is 13.1 Å². The summed E-state index contributed by atoms with van der Waals surface area (Å²) in [6.45, 7) is 4.65. The van der Waals surface area contributed by atoms with Crippen LogP contribution in [0, 0.1) is 13.8 Å². The molecule has 4 heteroatoms. The van der Waals surface area contributed by atoms with Gasteiger partial charge < -0.3 is 14.7 Å². The topological polar surface area (TPSA) is 49.8 Å². The van der Waals surface area contributed by atoms with Crippen molar-refractivity contribution < 1.29 is 14.6 Å². The first-order valence-electron chi connectivity index (χ1n) is 7.73. The number of rotatable bonds is 7. The number of aliphatic hydroxyl groups is 1. The maximum absolute atomic E-state index is 12.4. The van der Waals surface area contributed by atoms with E-state index in [0.717, 1.165) is 22.4 Å². The normalized spacial score (nSPS) is 10.4. The molecule has 0 spiro atoms. The Labute approximate surface area is 137 Å². The molecule has 2 rings (SSSR count). The molecule has 122 valence electrons. The van der Waals surface area contributed by atoms with Gasteiger partial charge in [0.05, 0.1) is 6.61 Å². The van der Waals surface area contributed by atoms with Crippen LogP contribution in [-0.2, 0) is 11.3 Å². The molecule has 1 amide bonds. The molecule has 2 aromatic carbocycles. The number of hydrogen-bond donors (Lipinski definition) is 1. The Morgan fingerprint density at radius 1 is 1.09 bits per heavy atom. The summed E-state index contributed by atoms with van der Waals surface area (Å²) < 4.78 is 5.67. The first kappa shape index (κ1) is 17.0. The smallest absolute Gasteiger partial charge is 0.260 e. The molecule has 0 aliphatic rings. The number of benzene rings is 2. The van der Waals surface area contributed by atoms with E-state index in [2.05, 4.69) is 0 Å². The van der Waals surface area contributed by atoms with E-state index in [9.17, 15) is 9.90 Å². The monoisotopic (exact) mass is 313 g/mol. The van der Waals surface area contributed by atoms with Gasteiger partial charge in [0, 0.05) is 13.1 Å². The molecule has 0 unspecified atom stereocenters. The molecular weight excluding hydrogens is 290 g/mol. The maximum Gasteiger partial charge on any atom is 0.260 e. The summed E-state index contributed by atoms with van der Waals surface area (Å²) in [5.41, 5.74) is 3.20. The van der Waals surface area contributed by atoms with E-state index in [-0.39, 0.29) is 19.1 Å². The van der Waals surface area contributed by atoms with Crippen molar-refractivity contribution in [2.45, 2.75) is 20.4 Å². The Hall–Kier alpha value is -2.33. The van der Waals surface area contributed by atoms with Crippen LogP contribution in [0.5, 0.6) is 5.75 Å². The molecule has 0 aliphatic heterocycles. The highest BCUT2D eigenvalue weighted by molar-refractivity contribution is 5.77. The molecule has 0 fully saturated rings. The summed E-state index contributed by atoms with van der Waals surface area (Å²) in [4.78, 5) is 14.0. The van der Waals surface area contributed by atoms with E-state index in [1.807, 2.05) is 62.4 Å². The van der Waals surface area contributed by atoms with E-state index in [4.69, 9.17) is 4.74 Å². The molecule has 1 N–H and O–H groups in total. The van der Waals surface area contributed by atoms with Gasteiger partial charge in [-0.3, -0.25) is 4.79 Å². The average molecular weight is 313 g/mol. The van der Waals surface area contributed by atoms with Crippen LogP contribution in [0.15, 0.2) is 48.5 Å². The van der Waals surface area contributed by atoms with Gasteiger partial charge in [0.15, 0.2) is 6.61 Å². The lowest BCUT2D eigenvalue weighted by atomic mass is 10.1. The van der Waals surface area contributed by atoms with Crippen molar-refractivity contribution in [3.05, 3.63) is 65.2 Å². The number of aliphatic hydroxyl groups excluding tert-OH is 1. The predicted octanol–water partition coefficient (Wildman–Crippen LogP) is 2.70. The van der Waals surface area contributed by atoms with Gasteiger partial charge in [-0.05, 0) is 36.6 Å². The third kappa shape index (κ3) is 4.83. The van der Waals surface area contributed by atoms with Crippen molar-refractivity contribution in [1.29, 1.82) is 0 Å². The zero-order valence-electron chi connectivity index (χ0n) is 13.7. The maximum atomic E-state index is 12.4. The van der Waals surface area contributed by atoms with E-state index < -0.39 is 0 Å². The van der Waals surface area contributed by atoms with Gasteiger partial charge in [-0.2, -0.15) is 0 Å². The minimum Gasteiger partial charge on any atom is -0.483 e. The number of hydrogen-bond acceptors (Lipinski definition) is 3. The van der Waals surface area contributed by atoms with Crippen molar-refractivity contribution in [2.24, 2.45) is 0 Å². The first-order chi connectivity index (χ1) is 11.1.